The van der Waals surface area contributed by atoms with Crippen molar-refractivity contribution < 1.29 is 0 Å². The van der Waals surface area contributed by atoms with Gasteiger partial charge in [-0.05, 0) is 50.7 Å². The van der Waals surface area contributed by atoms with E-state index in [0.29, 0.717) is 6.04 Å². The lowest BCUT2D eigenvalue weighted by Crippen LogP contribution is -2.44. The van der Waals surface area contributed by atoms with E-state index < -0.39 is 0 Å². The Morgan fingerprint density at radius 1 is 1.10 bits per heavy atom. The summed E-state index contributed by atoms with van der Waals surface area (Å²) in [6.07, 6.45) is 10.9. The smallest absolute Gasteiger partial charge is 0.0401 e. The first-order chi connectivity index (χ1) is 10.3. The minimum absolute atomic E-state index is 0.589. The Kier molecular flexibility index (Phi) is 5.18. The fourth-order valence-corrected chi connectivity index (χ4v) is 3.93. The van der Waals surface area contributed by atoms with Crippen LogP contribution in [0, 0.1) is 0 Å². The molecule has 0 spiro atoms. The second-order valence-electron chi connectivity index (χ2n) is 6.87. The molecule has 2 aliphatic rings. The molecule has 0 radical (unpaired) electrons. The fourth-order valence-electron chi connectivity index (χ4n) is 3.93. The molecular weight excluding hydrogens is 256 g/mol. The first kappa shape index (κ1) is 14.9. The lowest BCUT2D eigenvalue weighted by molar-refractivity contribution is 0.364. The van der Waals surface area contributed by atoms with Gasteiger partial charge in [-0.2, -0.15) is 0 Å². The second kappa shape index (κ2) is 7.31. The van der Waals surface area contributed by atoms with E-state index in [2.05, 4.69) is 41.4 Å². The van der Waals surface area contributed by atoms with E-state index in [4.69, 9.17) is 0 Å². The van der Waals surface area contributed by atoms with Gasteiger partial charge in [0.1, 0.15) is 0 Å². The number of rotatable bonds is 4. The lowest BCUT2D eigenvalue weighted by atomic mass is 9.95. The molecular formula is C19H30N2. The number of hydrogen-bond donors (Lipinski definition) is 1. The van der Waals surface area contributed by atoms with Crippen molar-refractivity contribution in [3.63, 3.8) is 0 Å². The molecule has 0 bridgehead atoms. The first-order valence-corrected chi connectivity index (χ1v) is 8.92. The minimum atomic E-state index is 0.589. The van der Waals surface area contributed by atoms with Crippen molar-refractivity contribution in [3.8, 4) is 0 Å². The zero-order valence-corrected chi connectivity index (χ0v) is 13.5. The summed E-state index contributed by atoms with van der Waals surface area (Å²) < 4.78 is 0. The Labute approximate surface area is 129 Å². The Balaban J connectivity index is 1.62. The van der Waals surface area contributed by atoms with Crippen LogP contribution in [0.15, 0.2) is 24.3 Å². The monoisotopic (exact) mass is 286 g/mol. The standard InChI is InChI=1S/C19H30N2/c1-16(15-20-18-11-3-2-4-12-18)21-14-8-7-10-17-9-5-6-13-19(17)21/h5-6,9,13,16,18,20H,2-4,7-8,10-12,14-15H2,1H3. The number of nitrogens with one attached hydrogen (secondary N) is 1. The summed E-state index contributed by atoms with van der Waals surface area (Å²) in [5, 5.41) is 3.83. The van der Waals surface area contributed by atoms with Gasteiger partial charge in [0.15, 0.2) is 0 Å². The van der Waals surface area contributed by atoms with Gasteiger partial charge < -0.3 is 10.2 Å². The minimum Gasteiger partial charge on any atom is -0.367 e. The Bertz CT molecular complexity index is 437. The van der Waals surface area contributed by atoms with Gasteiger partial charge in [0.05, 0.1) is 0 Å². The van der Waals surface area contributed by atoms with Gasteiger partial charge in [-0.1, -0.05) is 37.5 Å². The second-order valence-corrected chi connectivity index (χ2v) is 6.87. The molecule has 1 unspecified atom stereocenters. The molecule has 1 aromatic carbocycles. The third-order valence-electron chi connectivity index (χ3n) is 5.24. The third-order valence-corrected chi connectivity index (χ3v) is 5.24. The number of fused-ring (bicyclic) bond motifs is 1. The van der Waals surface area contributed by atoms with Crippen molar-refractivity contribution in [2.75, 3.05) is 18.0 Å². The number of aryl methyl sites for hydroxylation is 1. The van der Waals surface area contributed by atoms with Crippen LogP contribution in [0.2, 0.25) is 0 Å². The van der Waals surface area contributed by atoms with E-state index in [0.717, 1.165) is 12.6 Å². The first-order valence-electron chi connectivity index (χ1n) is 8.92. The highest BCUT2D eigenvalue weighted by Crippen LogP contribution is 2.27. The van der Waals surface area contributed by atoms with Crippen LogP contribution in [0.1, 0.15) is 57.4 Å². The van der Waals surface area contributed by atoms with Gasteiger partial charge in [-0.25, -0.2) is 0 Å². The molecule has 1 fully saturated rings. The largest absolute Gasteiger partial charge is 0.367 e. The highest BCUT2D eigenvalue weighted by atomic mass is 15.2. The van der Waals surface area contributed by atoms with Gasteiger partial charge in [0.25, 0.3) is 0 Å². The lowest BCUT2D eigenvalue weighted by Gasteiger charge is -2.33. The number of benzene rings is 1. The summed E-state index contributed by atoms with van der Waals surface area (Å²) in [4.78, 5) is 2.64. The number of hydrogen-bond acceptors (Lipinski definition) is 2. The van der Waals surface area contributed by atoms with Crippen LogP contribution in [0.3, 0.4) is 0 Å². The highest BCUT2D eigenvalue weighted by molar-refractivity contribution is 5.55. The van der Waals surface area contributed by atoms with E-state index in [9.17, 15) is 0 Å². The van der Waals surface area contributed by atoms with Crippen molar-refractivity contribution in [2.45, 2.75) is 70.4 Å². The zero-order chi connectivity index (χ0) is 14.5. The summed E-state index contributed by atoms with van der Waals surface area (Å²) in [5.41, 5.74) is 3.02. The van der Waals surface area contributed by atoms with Crippen LogP contribution in [0.4, 0.5) is 5.69 Å². The topological polar surface area (TPSA) is 15.3 Å². The van der Waals surface area contributed by atoms with Crippen molar-refractivity contribution in [1.29, 1.82) is 0 Å². The maximum absolute atomic E-state index is 3.83. The van der Waals surface area contributed by atoms with Crippen LogP contribution in [0.5, 0.6) is 0 Å². The van der Waals surface area contributed by atoms with E-state index in [1.54, 1.807) is 5.56 Å². The maximum atomic E-state index is 3.83. The number of para-hydroxylation sites is 1. The van der Waals surface area contributed by atoms with E-state index >= 15 is 0 Å². The maximum Gasteiger partial charge on any atom is 0.0401 e. The molecule has 0 saturated heterocycles. The van der Waals surface area contributed by atoms with E-state index in [-0.39, 0.29) is 0 Å². The molecule has 1 aromatic rings. The molecule has 1 heterocycles. The normalized spacial score (nSPS) is 21.7. The molecule has 0 aromatic heterocycles. The van der Waals surface area contributed by atoms with Crippen molar-refractivity contribution in [1.82, 2.24) is 5.32 Å². The van der Waals surface area contributed by atoms with Gasteiger partial charge >= 0.3 is 0 Å². The Morgan fingerprint density at radius 3 is 2.76 bits per heavy atom. The SMILES string of the molecule is CC(CNC1CCCCC1)N1CCCCc2ccccc21. The molecule has 0 amide bonds. The Morgan fingerprint density at radius 2 is 1.90 bits per heavy atom. The van der Waals surface area contributed by atoms with Crippen LogP contribution in [0.25, 0.3) is 0 Å². The van der Waals surface area contributed by atoms with Crippen molar-refractivity contribution in [3.05, 3.63) is 29.8 Å². The highest BCUT2D eigenvalue weighted by Gasteiger charge is 2.21. The van der Waals surface area contributed by atoms with Crippen molar-refractivity contribution in [2.24, 2.45) is 0 Å². The van der Waals surface area contributed by atoms with Gasteiger partial charge in [-0.3, -0.25) is 0 Å². The van der Waals surface area contributed by atoms with Crippen LogP contribution >= 0.6 is 0 Å². The van der Waals surface area contributed by atoms with E-state index in [1.165, 1.54) is 63.6 Å². The molecule has 116 valence electrons. The molecule has 1 aliphatic carbocycles. The molecule has 1 aliphatic heterocycles. The number of nitrogens with zero attached hydrogens (tertiary/aromatic N) is 1. The molecule has 2 heteroatoms. The van der Waals surface area contributed by atoms with E-state index in [1.807, 2.05) is 0 Å². The van der Waals surface area contributed by atoms with Crippen LogP contribution in [-0.4, -0.2) is 25.2 Å². The molecule has 21 heavy (non-hydrogen) atoms. The van der Waals surface area contributed by atoms with Gasteiger partial charge in [0.2, 0.25) is 0 Å². The average molecular weight is 286 g/mol. The molecule has 1 N–H and O–H groups in total. The summed E-state index contributed by atoms with van der Waals surface area (Å²) >= 11 is 0. The third kappa shape index (κ3) is 3.79. The predicted octanol–water partition coefficient (Wildman–Crippen LogP) is 4.14. The molecule has 1 saturated carbocycles. The predicted molar refractivity (Wildman–Crippen MR) is 91.1 cm³/mol. The zero-order valence-electron chi connectivity index (χ0n) is 13.5. The fraction of sp³-hybridized carbons (Fsp3) is 0.684. The van der Waals surface area contributed by atoms with Gasteiger partial charge in [-0.15, -0.1) is 0 Å². The summed E-state index contributed by atoms with van der Waals surface area (Å²) in [7, 11) is 0. The van der Waals surface area contributed by atoms with Crippen LogP contribution < -0.4 is 10.2 Å². The summed E-state index contributed by atoms with van der Waals surface area (Å²) in [6, 6.07) is 10.4. The molecule has 1 atom stereocenters. The molecule has 3 rings (SSSR count). The van der Waals surface area contributed by atoms with Crippen molar-refractivity contribution >= 4 is 5.69 Å². The summed E-state index contributed by atoms with van der Waals surface area (Å²) in [5.74, 6) is 0. The quantitative estimate of drug-likeness (QED) is 0.895. The Hall–Kier alpha value is -1.02. The van der Waals surface area contributed by atoms with Gasteiger partial charge in [0, 0.05) is 30.9 Å². The summed E-state index contributed by atoms with van der Waals surface area (Å²) in [6.45, 7) is 4.72. The average Bonchev–Trinajstić information content (AvgIpc) is 2.76. The number of anilines is 1. The van der Waals surface area contributed by atoms with Crippen LogP contribution in [-0.2, 0) is 6.42 Å². The molecule has 2 nitrogen and oxygen atoms in total.